The van der Waals surface area contributed by atoms with Crippen LogP contribution in [0.25, 0.3) is 32.6 Å². The van der Waals surface area contributed by atoms with Crippen LogP contribution in [0.1, 0.15) is 73.9 Å². The molecule has 0 fully saturated rings. The van der Waals surface area contributed by atoms with Crippen molar-refractivity contribution < 1.29 is 0 Å². The molecule has 0 amide bonds. The standard InChI is InChI=1S/C40H44Si/c1-7-27-17-21-31(22-18-27)35-15-11-13-33-25-29(9-3)39(37(33)35)41(5,6)40-30(10-4)26-34-14-12-16-36(38(34)40)32-23-19-28(8-2)20-24-32/h11-24H,7-10,25-26H2,1-6H3. The molecule has 2 aliphatic carbocycles. The molecule has 41 heavy (non-hydrogen) atoms. The first-order chi connectivity index (χ1) is 19.9. The van der Waals surface area contributed by atoms with E-state index in [0.29, 0.717) is 0 Å². The van der Waals surface area contributed by atoms with Gasteiger partial charge < -0.3 is 0 Å². The molecule has 0 radical (unpaired) electrons. The minimum atomic E-state index is -2.11. The van der Waals surface area contributed by atoms with Crippen LogP contribution in [0.5, 0.6) is 0 Å². The Balaban J connectivity index is 1.55. The second kappa shape index (κ2) is 11.1. The van der Waals surface area contributed by atoms with Crippen molar-refractivity contribution in [3.05, 3.63) is 129 Å². The summed E-state index contributed by atoms with van der Waals surface area (Å²) in [5.41, 5.74) is 17.8. The van der Waals surface area contributed by atoms with Crippen molar-refractivity contribution in [2.45, 2.75) is 79.3 Å². The van der Waals surface area contributed by atoms with Crippen molar-refractivity contribution in [2.24, 2.45) is 0 Å². The zero-order valence-electron chi connectivity index (χ0n) is 25.8. The SMILES string of the molecule is CCC1=C([Si](C)(C)C2=C(CC)Cc3cccc(-c4ccc(CC)cc4)c32)c2c(cccc2-c2ccc(CC)cc2)C1. The van der Waals surface area contributed by atoms with E-state index >= 15 is 0 Å². The molecule has 0 aliphatic heterocycles. The molecule has 0 aromatic heterocycles. The number of fused-ring (bicyclic) bond motifs is 2. The van der Waals surface area contributed by atoms with Gasteiger partial charge in [0.1, 0.15) is 8.07 Å². The van der Waals surface area contributed by atoms with Gasteiger partial charge in [0.05, 0.1) is 0 Å². The number of hydrogen-bond acceptors (Lipinski definition) is 0. The second-order valence-corrected chi connectivity index (χ2v) is 16.7. The normalized spacial score (nSPS) is 14.6. The number of aryl methyl sites for hydroxylation is 2. The Labute approximate surface area is 248 Å². The van der Waals surface area contributed by atoms with Gasteiger partial charge in [0.15, 0.2) is 0 Å². The summed E-state index contributed by atoms with van der Waals surface area (Å²) in [6.45, 7) is 14.5. The minimum absolute atomic E-state index is 1.08. The van der Waals surface area contributed by atoms with E-state index in [4.69, 9.17) is 0 Å². The van der Waals surface area contributed by atoms with E-state index in [1.807, 2.05) is 0 Å². The van der Waals surface area contributed by atoms with Gasteiger partial charge >= 0.3 is 0 Å². The van der Waals surface area contributed by atoms with Crippen molar-refractivity contribution in [1.29, 1.82) is 0 Å². The second-order valence-electron chi connectivity index (χ2n) is 12.4. The summed E-state index contributed by atoms with van der Waals surface area (Å²) in [5, 5.41) is 3.41. The Bertz CT molecular complexity index is 1530. The van der Waals surface area contributed by atoms with E-state index in [2.05, 4.69) is 126 Å². The number of hydrogen-bond donors (Lipinski definition) is 0. The van der Waals surface area contributed by atoms with Gasteiger partial charge in [-0.25, -0.2) is 0 Å². The molecule has 0 bridgehead atoms. The first-order valence-corrected chi connectivity index (χ1v) is 18.8. The summed E-state index contributed by atoms with van der Waals surface area (Å²) in [4.78, 5) is 0. The van der Waals surface area contributed by atoms with Crippen LogP contribution in [0.3, 0.4) is 0 Å². The number of rotatable bonds is 8. The summed E-state index contributed by atoms with van der Waals surface area (Å²) in [7, 11) is -2.11. The predicted octanol–water partition coefficient (Wildman–Crippen LogP) is 11.1. The monoisotopic (exact) mass is 552 g/mol. The lowest BCUT2D eigenvalue weighted by Gasteiger charge is -2.32. The molecule has 4 aromatic carbocycles. The molecule has 6 rings (SSSR count). The van der Waals surface area contributed by atoms with Crippen molar-refractivity contribution in [1.82, 2.24) is 0 Å². The smallest absolute Gasteiger partial charge is 0.0658 e. The lowest BCUT2D eigenvalue weighted by Crippen LogP contribution is -2.32. The maximum Gasteiger partial charge on any atom is 0.113 e. The quantitative estimate of drug-likeness (QED) is 0.191. The van der Waals surface area contributed by atoms with Crippen molar-refractivity contribution >= 4 is 18.5 Å². The average Bonchev–Trinajstić information content (AvgIpc) is 3.60. The van der Waals surface area contributed by atoms with Crippen molar-refractivity contribution in [2.75, 3.05) is 0 Å². The van der Waals surface area contributed by atoms with Gasteiger partial charge in [-0.2, -0.15) is 0 Å². The highest BCUT2D eigenvalue weighted by Crippen LogP contribution is 2.53. The van der Waals surface area contributed by atoms with Crippen LogP contribution in [0.2, 0.25) is 13.1 Å². The maximum atomic E-state index is 2.65. The van der Waals surface area contributed by atoms with Crippen LogP contribution in [-0.2, 0) is 25.7 Å². The van der Waals surface area contributed by atoms with E-state index in [1.54, 1.807) is 32.7 Å². The molecule has 4 aromatic rings. The largest absolute Gasteiger partial charge is 0.113 e. The minimum Gasteiger partial charge on any atom is -0.0658 e. The van der Waals surface area contributed by atoms with Gasteiger partial charge in [0, 0.05) is 0 Å². The van der Waals surface area contributed by atoms with Gasteiger partial charge in [0.25, 0.3) is 0 Å². The van der Waals surface area contributed by atoms with E-state index in [0.717, 1.165) is 38.5 Å². The van der Waals surface area contributed by atoms with Crippen LogP contribution in [0, 0.1) is 0 Å². The van der Waals surface area contributed by atoms with Crippen LogP contribution < -0.4 is 0 Å². The molecule has 0 nitrogen and oxygen atoms in total. The molecular formula is C40H44Si. The molecule has 2 aliphatic rings. The fraction of sp³-hybridized carbons (Fsp3) is 0.300. The molecule has 0 atom stereocenters. The first kappa shape index (κ1) is 27.7. The fourth-order valence-electron chi connectivity index (χ4n) is 7.63. The van der Waals surface area contributed by atoms with E-state index in [9.17, 15) is 0 Å². The molecule has 0 N–H and O–H groups in total. The van der Waals surface area contributed by atoms with Crippen LogP contribution in [-0.4, -0.2) is 8.07 Å². The predicted molar refractivity (Wildman–Crippen MR) is 182 cm³/mol. The highest BCUT2D eigenvalue weighted by atomic mass is 28.3. The highest BCUT2D eigenvalue weighted by Gasteiger charge is 2.43. The Morgan fingerprint density at radius 1 is 0.488 bits per heavy atom. The van der Waals surface area contributed by atoms with E-state index in [1.165, 1.54) is 44.5 Å². The molecule has 0 spiro atoms. The Morgan fingerprint density at radius 2 is 0.878 bits per heavy atom. The highest BCUT2D eigenvalue weighted by molar-refractivity contribution is 7.09. The third kappa shape index (κ3) is 4.69. The zero-order chi connectivity index (χ0) is 28.7. The first-order valence-electron chi connectivity index (χ1n) is 15.8. The molecule has 1 heteroatoms. The Hall–Kier alpha value is -3.42. The number of benzene rings is 4. The summed E-state index contributed by atoms with van der Waals surface area (Å²) in [5.74, 6) is 0. The van der Waals surface area contributed by atoms with Gasteiger partial charge in [-0.3, -0.25) is 0 Å². The van der Waals surface area contributed by atoms with Crippen LogP contribution in [0.15, 0.2) is 96.1 Å². The van der Waals surface area contributed by atoms with E-state index < -0.39 is 8.07 Å². The molecule has 0 unspecified atom stereocenters. The summed E-state index contributed by atoms with van der Waals surface area (Å²) in [6.07, 6.45) is 6.59. The number of allylic oxidation sites excluding steroid dienone is 2. The summed E-state index contributed by atoms with van der Waals surface area (Å²) < 4.78 is 0. The van der Waals surface area contributed by atoms with Crippen molar-refractivity contribution in [3.63, 3.8) is 0 Å². The van der Waals surface area contributed by atoms with Crippen LogP contribution in [0.4, 0.5) is 0 Å². The van der Waals surface area contributed by atoms with Gasteiger partial charge in [-0.15, -0.1) is 0 Å². The Kier molecular flexibility index (Phi) is 7.51. The third-order valence-corrected chi connectivity index (χ3v) is 13.5. The molecule has 0 saturated heterocycles. The lowest BCUT2D eigenvalue weighted by atomic mass is 9.96. The van der Waals surface area contributed by atoms with E-state index in [-0.39, 0.29) is 0 Å². The molecular weight excluding hydrogens is 509 g/mol. The average molecular weight is 553 g/mol. The zero-order valence-corrected chi connectivity index (χ0v) is 26.8. The van der Waals surface area contributed by atoms with Crippen LogP contribution >= 0.6 is 0 Å². The molecule has 208 valence electrons. The lowest BCUT2D eigenvalue weighted by molar-refractivity contribution is 1.03. The molecule has 0 heterocycles. The third-order valence-electron chi connectivity index (χ3n) is 9.77. The maximum absolute atomic E-state index is 2.65. The van der Waals surface area contributed by atoms with Gasteiger partial charge in [0.2, 0.25) is 0 Å². The van der Waals surface area contributed by atoms with Gasteiger partial charge in [-0.1, -0.05) is 137 Å². The summed E-state index contributed by atoms with van der Waals surface area (Å²) >= 11 is 0. The fourth-order valence-corrected chi connectivity index (χ4v) is 12.0. The molecule has 0 saturated carbocycles. The topological polar surface area (TPSA) is 0 Å². The summed E-state index contributed by atoms with van der Waals surface area (Å²) in [6, 6.07) is 32.8. The Morgan fingerprint density at radius 3 is 1.22 bits per heavy atom. The van der Waals surface area contributed by atoms with Crippen molar-refractivity contribution in [3.8, 4) is 22.3 Å². The van der Waals surface area contributed by atoms with Gasteiger partial charge in [-0.05, 0) is 105 Å².